The zero-order valence-corrected chi connectivity index (χ0v) is 12.1. The molecular weight excluding hydrogens is 260 g/mol. The summed E-state index contributed by atoms with van der Waals surface area (Å²) >= 11 is 0. The summed E-state index contributed by atoms with van der Waals surface area (Å²) in [6, 6.07) is 6.22. The Hall–Kier alpha value is -1.74. The predicted molar refractivity (Wildman–Crippen MR) is 80.0 cm³/mol. The normalized spacial score (nSPS) is 10.4. The highest BCUT2D eigenvalue weighted by molar-refractivity contribution is 5.85. The van der Waals surface area contributed by atoms with Crippen LogP contribution in [0, 0.1) is 13.8 Å². The van der Waals surface area contributed by atoms with Crippen LogP contribution >= 0.6 is 12.4 Å². The molecule has 0 bridgehead atoms. The van der Waals surface area contributed by atoms with Crippen LogP contribution in [-0.4, -0.2) is 16.2 Å². The van der Waals surface area contributed by atoms with E-state index >= 15 is 0 Å². The maximum absolute atomic E-state index is 5.70. The topological polar surface area (TPSA) is 27.1 Å². The van der Waals surface area contributed by atoms with Gasteiger partial charge in [0.1, 0.15) is 12.4 Å². The number of benzene rings is 1. The summed E-state index contributed by atoms with van der Waals surface area (Å²) in [4.78, 5) is 3.99. The van der Waals surface area contributed by atoms with Crippen molar-refractivity contribution < 1.29 is 4.74 Å². The van der Waals surface area contributed by atoms with Crippen LogP contribution in [0.15, 0.2) is 49.1 Å². The molecule has 0 saturated heterocycles. The maximum atomic E-state index is 5.70. The van der Waals surface area contributed by atoms with Gasteiger partial charge in [-0.2, -0.15) is 0 Å². The molecule has 2 rings (SSSR count). The lowest BCUT2D eigenvalue weighted by Gasteiger charge is -2.07. The smallest absolute Gasteiger partial charge is 0.122 e. The number of ether oxygens (including phenoxy) is 1. The van der Waals surface area contributed by atoms with Crippen LogP contribution in [0.5, 0.6) is 5.75 Å². The number of rotatable bonds is 5. The zero-order chi connectivity index (χ0) is 12.8. The Bertz CT molecular complexity index is 521. The minimum absolute atomic E-state index is 0. The van der Waals surface area contributed by atoms with Crippen LogP contribution < -0.4 is 4.74 Å². The van der Waals surface area contributed by atoms with Crippen molar-refractivity contribution >= 4 is 12.4 Å². The van der Waals surface area contributed by atoms with Crippen LogP contribution in [0.1, 0.15) is 11.1 Å². The lowest BCUT2D eigenvalue weighted by Crippen LogP contribution is -1.97. The van der Waals surface area contributed by atoms with Gasteiger partial charge < -0.3 is 9.30 Å². The number of aromatic nitrogens is 2. The number of nitrogens with zero attached hydrogens (tertiary/aromatic N) is 2. The number of hydrogen-bond acceptors (Lipinski definition) is 2. The van der Waals surface area contributed by atoms with Gasteiger partial charge in [-0.05, 0) is 31.6 Å². The lowest BCUT2D eigenvalue weighted by atomic mass is 10.1. The van der Waals surface area contributed by atoms with E-state index in [4.69, 9.17) is 4.74 Å². The molecule has 19 heavy (non-hydrogen) atoms. The van der Waals surface area contributed by atoms with E-state index in [2.05, 4.69) is 37.0 Å². The minimum atomic E-state index is 0. The second-order valence-corrected chi connectivity index (χ2v) is 4.31. The Morgan fingerprint density at radius 3 is 2.79 bits per heavy atom. The Morgan fingerprint density at radius 1 is 1.26 bits per heavy atom. The van der Waals surface area contributed by atoms with Gasteiger partial charge in [-0.3, -0.25) is 0 Å². The third-order valence-corrected chi connectivity index (χ3v) is 2.71. The van der Waals surface area contributed by atoms with E-state index in [1.807, 2.05) is 22.9 Å². The molecule has 0 atom stereocenters. The maximum Gasteiger partial charge on any atom is 0.122 e. The van der Waals surface area contributed by atoms with Gasteiger partial charge in [-0.25, -0.2) is 4.98 Å². The van der Waals surface area contributed by atoms with Gasteiger partial charge in [-0.1, -0.05) is 23.8 Å². The summed E-state index contributed by atoms with van der Waals surface area (Å²) in [5, 5.41) is 0. The summed E-state index contributed by atoms with van der Waals surface area (Å²) in [6.45, 7) is 5.58. The molecule has 0 radical (unpaired) electrons. The summed E-state index contributed by atoms with van der Waals surface area (Å²) in [5.74, 6) is 0.952. The van der Waals surface area contributed by atoms with Gasteiger partial charge in [0.05, 0.1) is 6.33 Å². The lowest BCUT2D eigenvalue weighted by molar-refractivity contribution is 0.359. The largest absolute Gasteiger partial charge is 0.489 e. The molecule has 4 heteroatoms. The van der Waals surface area contributed by atoms with Crippen molar-refractivity contribution in [2.75, 3.05) is 6.61 Å². The quantitative estimate of drug-likeness (QED) is 0.782. The second-order valence-electron chi connectivity index (χ2n) is 4.31. The highest BCUT2D eigenvalue weighted by Crippen LogP contribution is 2.18. The van der Waals surface area contributed by atoms with E-state index in [0.717, 1.165) is 12.3 Å². The first-order chi connectivity index (χ1) is 8.75. The molecule has 0 unspecified atom stereocenters. The standard InChI is InChI=1S/C15H18N2O.ClH/c1-13-5-6-15(14(2)11-13)18-10-4-3-8-17-9-7-16-12-17;/h3-7,9,11-12H,8,10H2,1-2H3;1H/b4-3+;. The van der Waals surface area contributed by atoms with Crippen LogP contribution in [0.25, 0.3) is 0 Å². The third-order valence-electron chi connectivity index (χ3n) is 2.71. The minimum Gasteiger partial charge on any atom is -0.489 e. The molecule has 0 spiro atoms. The molecule has 0 fully saturated rings. The molecule has 0 aliphatic carbocycles. The number of aryl methyl sites for hydroxylation is 2. The molecule has 0 N–H and O–H groups in total. The van der Waals surface area contributed by atoms with E-state index in [0.29, 0.717) is 6.61 Å². The molecule has 0 amide bonds. The first kappa shape index (κ1) is 15.3. The van der Waals surface area contributed by atoms with Crippen molar-refractivity contribution in [3.8, 4) is 5.75 Å². The Labute approximate surface area is 120 Å². The molecule has 2 aromatic rings. The fraction of sp³-hybridized carbons (Fsp3) is 0.267. The highest BCUT2D eigenvalue weighted by atomic mass is 35.5. The van der Waals surface area contributed by atoms with Gasteiger partial charge in [0.15, 0.2) is 0 Å². The molecule has 0 aliphatic heterocycles. The first-order valence-electron chi connectivity index (χ1n) is 6.06. The molecular formula is C15H19ClN2O. The van der Waals surface area contributed by atoms with Gasteiger partial charge >= 0.3 is 0 Å². The van der Waals surface area contributed by atoms with Gasteiger partial charge in [-0.15, -0.1) is 12.4 Å². The Kier molecular flexibility index (Phi) is 6.16. The van der Waals surface area contributed by atoms with Crippen LogP contribution in [0.4, 0.5) is 0 Å². The van der Waals surface area contributed by atoms with Gasteiger partial charge in [0, 0.05) is 18.9 Å². The number of halogens is 1. The SMILES string of the molecule is Cc1ccc(OC/C=C/Cn2ccnc2)c(C)c1.Cl. The van der Waals surface area contributed by atoms with Crippen molar-refractivity contribution in [2.24, 2.45) is 0 Å². The Morgan fingerprint density at radius 2 is 2.11 bits per heavy atom. The molecule has 0 saturated carbocycles. The monoisotopic (exact) mass is 278 g/mol. The number of allylic oxidation sites excluding steroid dienone is 1. The average molecular weight is 279 g/mol. The van der Waals surface area contributed by atoms with Crippen molar-refractivity contribution in [1.82, 2.24) is 9.55 Å². The average Bonchev–Trinajstić information content (AvgIpc) is 2.84. The number of imidazole rings is 1. The summed E-state index contributed by atoms with van der Waals surface area (Å²) < 4.78 is 7.71. The van der Waals surface area contributed by atoms with Crippen LogP contribution in [0.2, 0.25) is 0 Å². The van der Waals surface area contributed by atoms with E-state index in [1.54, 1.807) is 12.5 Å². The van der Waals surface area contributed by atoms with Gasteiger partial charge in [0.25, 0.3) is 0 Å². The fourth-order valence-electron chi connectivity index (χ4n) is 1.76. The van der Waals surface area contributed by atoms with Crippen molar-refractivity contribution in [2.45, 2.75) is 20.4 Å². The molecule has 1 aromatic heterocycles. The second kappa shape index (κ2) is 7.64. The molecule has 0 aliphatic rings. The van der Waals surface area contributed by atoms with Crippen molar-refractivity contribution in [3.05, 3.63) is 60.2 Å². The van der Waals surface area contributed by atoms with Crippen LogP contribution in [0.3, 0.4) is 0 Å². The molecule has 1 heterocycles. The summed E-state index contributed by atoms with van der Waals surface area (Å²) in [6.07, 6.45) is 9.62. The summed E-state index contributed by atoms with van der Waals surface area (Å²) in [5.41, 5.74) is 2.44. The fourth-order valence-corrected chi connectivity index (χ4v) is 1.76. The Balaban J connectivity index is 0.00000180. The predicted octanol–water partition coefficient (Wildman–Crippen LogP) is 3.56. The summed E-state index contributed by atoms with van der Waals surface area (Å²) in [7, 11) is 0. The van der Waals surface area contributed by atoms with E-state index in [-0.39, 0.29) is 12.4 Å². The zero-order valence-electron chi connectivity index (χ0n) is 11.2. The van der Waals surface area contributed by atoms with Crippen molar-refractivity contribution in [1.29, 1.82) is 0 Å². The van der Waals surface area contributed by atoms with Crippen LogP contribution in [-0.2, 0) is 6.54 Å². The van der Waals surface area contributed by atoms with Gasteiger partial charge in [0.2, 0.25) is 0 Å². The first-order valence-corrected chi connectivity index (χ1v) is 6.06. The number of hydrogen-bond donors (Lipinski definition) is 0. The van der Waals surface area contributed by atoms with Crippen molar-refractivity contribution in [3.63, 3.8) is 0 Å². The van der Waals surface area contributed by atoms with E-state index in [1.165, 1.54) is 11.1 Å². The van der Waals surface area contributed by atoms with E-state index < -0.39 is 0 Å². The molecule has 3 nitrogen and oxygen atoms in total. The molecule has 1 aromatic carbocycles. The highest BCUT2D eigenvalue weighted by Gasteiger charge is 1.97. The third kappa shape index (κ3) is 4.79. The van der Waals surface area contributed by atoms with E-state index in [9.17, 15) is 0 Å². The molecule has 102 valence electrons.